The van der Waals surface area contributed by atoms with Crippen LogP contribution >= 0.6 is 0 Å². The number of aliphatic carboxylic acids is 2. The van der Waals surface area contributed by atoms with Gasteiger partial charge in [0.15, 0.2) is 0 Å². The number of carboxylic acid groups (broad SMARTS) is 2. The molecule has 1 aromatic rings. The fourth-order valence-corrected chi connectivity index (χ4v) is 3.82. The van der Waals surface area contributed by atoms with Gasteiger partial charge >= 0.3 is 11.9 Å². The van der Waals surface area contributed by atoms with E-state index in [0.717, 1.165) is 18.5 Å². The van der Waals surface area contributed by atoms with E-state index in [9.17, 15) is 29.1 Å². The number of rotatable bonds is 13. The van der Waals surface area contributed by atoms with Crippen molar-refractivity contribution in [2.45, 2.75) is 70.1 Å². The van der Waals surface area contributed by atoms with Gasteiger partial charge < -0.3 is 31.5 Å². The van der Waals surface area contributed by atoms with Crippen LogP contribution in [0, 0.1) is 5.92 Å². The van der Waals surface area contributed by atoms with Crippen molar-refractivity contribution in [1.29, 1.82) is 0 Å². The molecule has 2 rings (SSSR count). The average Bonchev–Trinajstić information content (AvgIpc) is 3.34. The highest BCUT2D eigenvalue weighted by atomic mass is 16.4. The molecule has 1 heterocycles. The molecule has 0 aliphatic carbocycles. The highest BCUT2D eigenvalue weighted by Crippen LogP contribution is 2.10. The number of hydrogen-bond donors (Lipinski definition) is 6. The van der Waals surface area contributed by atoms with Crippen molar-refractivity contribution in [1.82, 2.24) is 21.3 Å². The predicted molar refractivity (Wildman–Crippen MR) is 126 cm³/mol. The summed E-state index contributed by atoms with van der Waals surface area (Å²) < 4.78 is 0. The van der Waals surface area contributed by atoms with Gasteiger partial charge in [-0.25, -0.2) is 4.79 Å². The fourth-order valence-electron chi connectivity index (χ4n) is 3.82. The van der Waals surface area contributed by atoms with Crippen molar-refractivity contribution < 1.29 is 34.2 Å². The molecule has 0 spiro atoms. The van der Waals surface area contributed by atoms with E-state index in [1.807, 2.05) is 30.3 Å². The number of carboxylic acids is 2. The predicted octanol–water partition coefficient (Wildman–Crippen LogP) is 0.0409. The highest BCUT2D eigenvalue weighted by Gasteiger charge is 2.33. The molecule has 11 heteroatoms. The zero-order chi connectivity index (χ0) is 26.0. The molecule has 1 fully saturated rings. The Bertz CT molecular complexity index is 900. The van der Waals surface area contributed by atoms with E-state index < -0.39 is 60.3 Å². The summed E-state index contributed by atoms with van der Waals surface area (Å²) >= 11 is 0. The second kappa shape index (κ2) is 13.4. The minimum absolute atomic E-state index is 0.202. The molecule has 1 aliphatic heterocycles. The molecule has 3 amide bonds. The van der Waals surface area contributed by atoms with Crippen molar-refractivity contribution in [2.75, 3.05) is 6.54 Å². The van der Waals surface area contributed by atoms with Gasteiger partial charge in [-0.05, 0) is 37.3 Å². The number of carbonyl (C=O) groups is 5. The molecule has 4 atom stereocenters. The topological polar surface area (TPSA) is 174 Å². The first-order valence-electron chi connectivity index (χ1n) is 11.7. The van der Waals surface area contributed by atoms with Crippen LogP contribution < -0.4 is 21.3 Å². The zero-order valence-electron chi connectivity index (χ0n) is 20.0. The van der Waals surface area contributed by atoms with Crippen LogP contribution in [0.2, 0.25) is 0 Å². The Morgan fingerprint density at radius 1 is 0.971 bits per heavy atom. The van der Waals surface area contributed by atoms with Gasteiger partial charge in [-0.2, -0.15) is 0 Å². The standard InChI is InChI=1S/C24H34N4O7/c1-14(2)20(23(33)26-17(24(34)35)10-11-19(29)30)28-22(32)18(13-15-7-4-3-5-8-15)27-21(31)16-9-6-12-25-16/h3-5,7-8,14,16-18,20,25H,6,9-13H2,1-2H3,(H,26,33)(H,27,31)(H,28,32)(H,29,30)(H,34,35). The van der Waals surface area contributed by atoms with E-state index in [1.165, 1.54) is 0 Å². The van der Waals surface area contributed by atoms with Crippen LogP contribution in [0.1, 0.15) is 45.1 Å². The first-order valence-corrected chi connectivity index (χ1v) is 11.7. The summed E-state index contributed by atoms with van der Waals surface area (Å²) in [5, 5.41) is 29.0. The van der Waals surface area contributed by atoms with E-state index >= 15 is 0 Å². The lowest BCUT2D eigenvalue weighted by Gasteiger charge is -2.27. The lowest BCUT2D eigenvalue weighted by atomic mass is 10.00. The quantitative estimate of drug-likeness (QED) is 0.225. The van der Waals surface area contributed by atoms with Gasteiger partial charge in [0.25, 0.3) is 0 Å². The lowest BCUT2D eigenvalue weighted by Crippen LogP contribution is -2.58. The van der Waals surface area contributed by atoms with Crippen LogP contribution in [0.25, 0.3) is 0 Å². The second-order valence-electron chi connectivity index (χ2n) is 8.96. The first kappa shape index (κ1) is 27.8. The molecule has 11 nitrogen and oxygen atoms in total. The van der Waals surface area contributed by atoms with Crippen molar-refractivity contribution in [3.05, 3.63) is 35.9 Å². The summed E-state index contributed by atoms with van der Waals surface area (Å²) in [5.74, 6) is -4.58. The summed E-state index contributed by atoms with van der Waals surface area (Å²) in [4.78, 5) is 61.1. The Kier molecular flexibility index (Phi) is 10.7. The summed E-state index contributed by atoms with van der Waals surface area (Å²) in [6.07, 6.45) is 0.992. The molecule has 1 aliphatic rings. The van der Waals surface area contributed by atoms with Crippen LogP contribution in [-0.2, 0) is 30.4 Å². The van der Waals surface area contributed by atoms with Crippen LogP contribution in [0.5, 0.6) is 0 Å². The Morgan fingerprint density at radius 3 is 2.20 bits per heavy atom. The Balaban J connectivity index is 2.14. The average molecular weight is 491 g/mol. The second-order valence-corrected chi connectivity index (χ2v) is 8.96. The SMILES string of the molecule is CC(C)C(NC(=O)C(Cc1ccccc1)NC(=O)C1CCCN1)C(=O)NC(CCC(=O)O)C(=O)O. The minimum Gasteiger partial charge on any atom is -0.481 e. The highest BCUT2D eigenvalue weighted by molar-refractivity contribution is 5.94. The molecule has 4 unspecified atom stereocenters. The molecular weight excluding hydrogens is 456 g/mol. The van der Waals surface area contributed by atoms with Gasteiger partial charge in [-0.15, -0.1) is 0 Å². The molecular formula is C24H34N4O7. The molecule has 1 aromatic carbocycles. The van der Waals surface area contributed by atoms with Gasteiger partial charge in [-0.1, -0.05) is 44.2 Å². The zero-order valence-corrected chi connectivity index (χ0v) is 20.0. The van der Waals surface area contributed by atoms with Crippen LogP contribution in [0.4, 0.5) is 0 Å². The van der Waals surface area contributed by atoms with E-state index in [4.69, 9.17) is 5.11 Å². The monoisotopic (exact) mass is 490 g/mol. The summed E-state index contributed by atoms with van der Waals surface area (Å²) in [7, 11) is 0. The van der Waals surface area contributed by atoms with Gasteiger partial charge in [0.2, 0.25) is 17.7 Å². The molecule has 0 aromatic heterocycles. The summed E-state index contributed by atoms with van der Waals surface area (Å²) in [6, 6.07) is 5.27. The van der Waals surface area contributed by atoms with Crippen molar-refractivity contribution in [3.63, 3.8) is 0 Å². The van der Waals surface area contributed by atoms with Gasteiger partial charge in [0, 0.05) is 12.8 Å². The number of carbonyl (C=O) groups excluding carboxylic acids is 3. The molecule has 192 valence electrons. The van der Waals surface area contributed by atoms with E-state index in [1.54, 1.807) is 13.8 Å². The van der Waals surface area contributed by atoms with Crippen molar-refractivity contribution in [3.8, 4) is 0 Å². The number of amides is 3. The third kappa shape index (κ3) is 9.01. The molecule has 0 saturated carbocycles. The van der Waals surface area contributed by atoms with Crippen LogP contribution in [-0.4, -0.2) is 70.6 Å². The van der Waals surface area contributed by atoms with Gasteiger partial charge in [0.1, 0.15) is 18.1 Å². The third-order valence-corrected chi connectivity index (χ3v) is 5.80. The summed E-state index contributed by atoms with van der Waals surface area (Å²) in [6.45, 7) is 4.09. The Morgan fingerprint density at radius 2 is 1.66 bits per heavy atom. The first-order chi connectivity index (χ1) is 16.6. The third-order valence-electron chi connectivity index (χ3n) is 5.80. The number of hydrogen-bond acceptors (Lipinski definition) is 6. The van der Waals surface area contributed by atoms with E-state index in [-0.39, 0.29) is 18.7 Å². The Labute approximate surface area is 204 Å². The molecule has 6 N–H and O–H groups in total. The maximum absolute atomic E-state index is 13.2. The molecule has 35 heavy (non-hydrogen) atoms. The summed E-state index contributed by atoms with van der Waals surface area (Å²) in [5.41, 5.74) is 0.817. The van der Waals surface area contributed by atoms with Crippen molar-refractivity contribution in [2.24, 2.45) is 5.92 Å². The minimum atomic E-state index is -1.41. The lowest BCUT2D eigenvalue weighted by molar-refractivity contribution is -0.143. The van der Waals surface area contributed by atoms with Crippen molar-refractivity contribution >= 4 is 29.7 Å². The fraction of sp³-hybridized carbons (Fsp3) is 0.542. The van der Waals surface area contributed by atoms with Gasteiger partial charge in [-0.3, -0.25) is 19.2 Å². The molecule has 0 radical (unpaired) electrons. The normalized spacial score (nSPS) is 17.7. The smallest absolute Gasteiger partial charge is 0.326 e. The molecule has 0 bridgehead atoms. The van der Waals surface area contributed by atoms with E-state index in [0.29, 0.717) is 6.42 Å². The maximum Gasteiger partial charge on any atom is 0.326 e. The van der Waals surface area contributed by atoms with Gasteiger partial charge in [0.05, 0.1) is 6.04 Å². The number of nitrogens with one attached hydrogen (secondary N) is 4. The van der Waals surface area contributed by atoms with Crippen LogP contribution in [0.3, 0.4) is 0 Å². The Hall–Kier alpha value is -3.47. The molecule has 1 saturated heterocycles. The van der Waals surface area contributed by atoms with Crippen LogP contribution in [0.15, 0.2) is 30.3 Å². The maximum atomic E-state index is 13.2. The van der Waals surface area contributed by atoms with E-state index in [2.05, 4.69) is 21.3 Å². The largest absolute Gasteiger partial charge is 0.481 e. The number of benzene rings is 1.